The Morgan fingerprint density at radius 2 is 1.76 bits per heavy atom. The average molecular weight is 334 g/mol. The molecular formula is C22H21FNO. The molecule has 4 rings (SSSR count). The molecule has 0 bridgehead atoms. The van der Waals surface area contributed by atoms with Crippen LogP contribution in [0.4, 0.5) is 4.39 Å². The van der Waals surface area contributed by atoms with Gasteiger partial charge in [-0.05, 0) is 61.1 Å². The van der Waals surface area contributed by atoms with Gasteiger partial charge in [-0.3, -0.25) is 4.79 Å². The average Bonchev–Trinajstić information content (AvgIpc) is 3.07. The van der Waals surface area contributed by atoms with E-state index < -0.39 is 0 Å². The Bertz CT molecular complexity index is 751. The summed E-state index contributed by atoms with van der Waals surface area (Å²) in [4.78, 5) is 12.9. The van der Waals surface area contributed by atoms with Crippen LogP contribution in [-0.4, -0.2) is 5.78 Å². The normalized spacial score (nSPS) is 26.3. The molecule has 1 unspecified atom stereocenters. The third kappa shape index (κ3) is 3.17. The van der Waals surface area contributed by atoms with E-state index in [-0.39, 0.29) is 22.9 Å². The minimum Gasteiger partial charge on any atom is -0.358 e. The Morgan fingerprint density at radius 3 is 2.44 bits per heavy atom. The molecule has 0 amide bonds. The second-order valence-corrected chi connectivity index (χ2v) is 7.74. The summed E-state index contributed by atoms with van der Waals surface area (Å²) in [5.74, 6) is 1.05. The quantitative estimate of drug-likeness (QED) is 0.866. The van der Waals surface area contributed by atoms with Gasteiger partial charge in [0.1, 0.15) is 5.82 Å². The number of hydrogen-bond acceptors (Lipinski definition) is 2. The lowest BCUT2D eigenvalue weighted by Gasteiger charge is -2.39. The summed E-state index contributed by atoms with van der Waals surface area (Å²) in [5, 5.41) is 3.47. The maximum absolute atomic E-state index is 13.3. The number of nitrogens with one attached hydrogen (secondary N) is 1. The van der Waals surface area contributed by atoms with Gasteiger partial charge < -0.3 is 5.32 Å². The Labute approximate surface area is 149 Å². The lowest BCUT2D eigenvalue weighted by molar-refractivity contribution is -0.118. The van der Waals surface area contributed by atoms with Crippen LogP contribution in [-0.2, 0) is 4.79 Å². The molecule has 127 valence electrons. The largest absolute Gasteiger partial charge is 0.358 e. The molecule has 1 heterocycles. The highest BCUT2D eigenvalue weighted by molar-refractivity contribution is 6.00. The van der Waals surface area contributed by atoms with E-state index >= 15 is 0 Å². The van der Waals surface area contributed by atoms with Crippen LogP contribution in [0.2, 0.25) is 0 Å². The van der Waals surface area contributed by atoms with E-state index in [1.807, 2.05) is 12.8 Å². The first-order valence-electron chi connectivity index (χ1n) is 8.66. The van der Waals surface area contributed by atoms with E-state index in [1.54, 1.807) is 12.1 Å². The zero-order valence-corrected chi connectivity index (χ0v) is 14.5. The van der Waals surface area contributed by atoms with Crippen LogP contribution < -0.4 is 5.32 Å². The molecule has 1 saturated carbocycles. The van der Waals surface area contributed by atoms with Crippen LogP contribution in [0.15, 0.2) is 41.6 Å². The number of rotatable bonds is 2. The van der Waals surface area contributed by atoms with Crippen LogP contribution in [0.5, 0.6) is 0 Å². The van der Waals surface area contributed by atoms with E-state index in [2.05, 4.69) is 38.1 Å². The molecule has 1 N–H and O–H groups in total. The van der Waals surface area contributed by atoms with E-state index in [0.717, 1.165) is 34.9 Å². The maximum Gasteiger partial charge on any atom is 0.161 e. The Morgan fingerprint density at radius 1 is 1.08 bits per heavy atom. The molecule has 1 aliphatic heterocycles. The highest BCUT2D eigenvalue weighted by atomic mass is 19.1. The molecule has 2 aliphatic carbocycles. The van der Waals surface area contributed by atoms with E-state index in [1.165, 1.54) is 12.1 Å². The minimum atomic E-state index is -0.248. The second kappa shape index (κ2) is 6.12. The summed E-state index contributed by atoms with van der Waals surface area (Å²) in [6.45, 7) is 4.26. The van der Waals surface area contributed by atoms with Crippen molar-refractivity contribution in [1.29, 1.82) is 0 Å². The van der Waals surface area contributed by atoms with Crippen molar-refractivity contribution < 1.29 is 9.18 Å². The predicted molar refractivity (Wildman–Crippen MR) is 96.5 cm³/mol. The topological polar surface area (TPSA) is 29.1 Å². The maximum atomic E-state index is 13.3. The standard InChI is InChI=1S/C22H21FNO/c1-22(2)12-19-21(20(25)13-22)17(14-5-3-4-6-14)11-18(24-19)15-7-9-16(23)10-8-15/h3-11,17,24H,12-13H2,1-2H3. The number of allylic oxidation sites excluding steroid dienone is 3. The molecule has 1 fully saturated rings. The van der Waals surface area contributed by atoms with E-state index in [0.29, 0.717) is 6.42 Å². The lowest BCUT2D eigenvalue weighted by Crippen LogP contribution is -2.37. The minimum absolute atomic E-state index is 0.0464. The van der Waals surface area contributed by atoms with Gasteiger partial charge in [-0.1, -0.05) is 32.1 Å². The predicted octanol–water partition coefficient (Wildman–Crippen LogP) is 4.43. The number of hydrogen-bond donors (Lipinski definition) is 1. The fourth-order valence-electron chi connectivity index (χ4n) is 3.92. The van der Waals surface area contributed by atoms with Gasteiger partial charge in [-0.15, -0.1) is 0 Å². The van der Waals surface area contributed by atoms with Crippen molar-refractivity contribution in [3.8, 4) is 0 Å². The summed E-state index contributed by atoms with van der Waals surface area (Å²) in [6.07, 6.45) is 11.6. The molecule has 3 heteroatoms. The number of ketones is 1. The fraction of sp³-hybridized carbons (Fsp3) is 0.273. The number of carbonyl (C=O) groups excluding carboxylic acids is 1. The van der Waals surface area contributed by atoms with Gasteiger partial charge >= 0.3 is 0 Å². The summed E-state index contributed by atoms with van der Waals surface area (Å²) in [6, 6.07) is 6.49. The molecule has 5 radical (unpaired) electrons. The smallest absolute Gasteiger partial charge is 0.161 e. The SMILES string of the molecule is CC1(C)CC(=O)C2=C(C1)NC(c1ccc(F)cc1)=CC2[C]1[CH][CH][CH][CH]1. The number of dihydropyridines is 1. The van der Waals surface area contributed by atoms with Gasteiger partial charge in [-0.25, -0.2) is 4.39 Å². The Balaban J connectivity index is 1.75. The van der Waals surface area contributed by atoms with Gasteiger partial charge in [0.2, 0.25) is 0 Å². The summed E-state index contributed by atoms with van der Waals surface area (Å²) in [5.41, 5.74) is 3.71. The molecule has 1 aromatic carbocycles. The highest BCUT2D eigenvalue weighted by Crippen LogP contribution is 2.46. The first-order chi connectivity index (χ1) is 11.9. The zero-order valence-electron chi connectivity index (χ0n) is 14.5. The molecule has 2 nitrogen and oxygen atoms in total. The van der Waals surface area contributed by atoms with Crippen molar-refractivity contribution in [2.45, 2.75) is 26.7 Å². The summed E-state index contributed by atoms with van der Waals surface area (Å²) in [7, 11) is 0. The van der Waals surface area contributed by atoms with Crippen LogP contribution in [0, 0.1) is 48.8 Å². The molecule has 0 aromatic heterocycles. The van der Waals surface area contributed by atoms with Crippen molar-refractivity contribution in [2.75, 3.05) is 0 Å². The van der Waals surface area contributed by atoms with Crippen LogP contribution in [0.3, 0.4) is 0 Å². The van der Waals surface area contributed by atoms with Crippen molar-refractivity contribution in [3.63, 3.8) is 0 Å². The van der Waals surface area contributed by atoms with Crippen molar-refractivity contribution in [2.24, 2.45) is 11.3 Å². The molecule has 25 heavy (non-hydrogen) atoms. The molecule has 0 saturated heterocycles. The van der Waals surface area contributed by atoms with E-state index in [4.69, 9.17) is 0 Å². The lowest BCUT2D eigenvalue weighted by atomic mass is 9.69. The van der Waals surface area contributed by atoms with Gasteiger partial charge in [0.25, 0.3) is 0 Å². The van der Waals surface area contributed by atoms with Crippen LogP contribution in [0.1, 0.15) is 32.3 Å². The Hall–Kier alpha value is -1.90. The third-order valence-corrected chi connectivity index (χ3v) is 5.05. The van der Waals surface area contributed by atoms with Crippen molar-refractivity contribution in [3.05, 3.63) is 84.6 Å². The number of carbonyl (C=O) groups is 1. The fourth-order valence-corrected chi connectivity index (χ4v) is 3.92. The van der Waals surface area contributed by atoms with Gasteiger partial charge in [-0.2, -0.15) is 0 Å². The Kier molecular flexibility index (Phi) is 4.05. The zero-order chi connectivity index (χ0) is 17.6. The van der Waals surface area contributed by atoms with Gasteiger partial charge in [0.05, 0.1) is 0 Å². The number of Topliss-reactive ketones (excluding diaryl/α,β-unsaturated/α-hetero) is 1. The monoisotopic (exact) mass is 334 g/mol. The van der Waals surface area contributed by atoms with Crippen molar-refractivity contribution in [1.82, 2.24) is 5.32 Å². The summed E-state index contributed by atoms with van der Waals surface area (Å²) >= 11 is 0. The van der Waals surface area contributed by atoms with Gasteiger partial charge in [0.15, 0.2) is 5.78 Å². The molecule has 1 atom stereocenters. The first kappa shape index (κ1) is 16.6. The molecule has 1 aromatic rings. The second-order valence-electron chi connectivity index (χ2n) is 7.74. The first-order valence-corrected chi connectivity index (χ1v) is 8.66. The number of benzene rings is 1. The van der Waals surface area contributed by atoms with Crippen molar-refractivity contribution >= 4 is 11.5 Å². The van der Waals surface area contributed by atoms with Crippen LogP contribution >= 0.6 is 0 Å². The molecular weight excluding hydrogens is 313 g/mol. The van der Waals surface area contributed by atoms with E-state index in [9.17, 15) is 9.18 Å². The summed E-state index contributed by atoms with van der Waals surface area (Å²) < 4.78 is 13.3. The number of halogens is 1. The third-order valence-electron chi connectivity index (χ3n) is 5.05. The van der Waals surface area contributed by atoms with Gasteiger partial charge in [0, 0.05) is 29.3 Å². The van der Waals surface area contributed by atoms with Crippen LogP contribution in [0.25, 0.3) is 5.70 Å². The highest BCUT2D eigenvalue weighted by Gasteiger charge is 2.41. The molecule has 0 spiro atoms. The molecule has 3 aliphatic rings.